The average molecular weight is 470 g/mol. The third-order valence-electron chi connectivity index (χ3n) is 5.39. The zero-order valence-corrected chi connectivity index (χ0v) is 19.3. The number of carbonyl (C=O) groups is 1. The molecule has 4 rings (SSSR count). The van der Waals surface area contributed by atoms with Crippen LogP contribution in [0.15, 0.2) is 47.4 Å². The number of hydrogen-bond acceptors (Lipinski definition) is 7. The number of piperidine rings is 1. The standard InChI is InChI=1S/C23H23N3O4S2/c1-2-30-18-9-7-17(8-10-18)25-22(27)21(32-23(25)31)15-16-6-11-19(20(14-16)26(28)29)24-12-4-3-5-13-24/h6-11,14-15H,2-5,12-13H2,1H3. The van der Waals surface area contributed by atoms with Crippen molar-refractivity contribution in [3.8, 4) is 5.75 Å². The Morgan fingerprint density at radius 2 is 1.88 bits per heavy atom. The van der Waals surface area contributed by atoms with E-state index in [0.29, 0.717) is 32.8 Å². The van der Waals surface area contributed by atoms with Crippen LogP contribution < -0.4 is 14.5 Å². The smallest absolute Gasteiger partial charge is 0.293 e. The fourth-order valence-electron chi connectivity index (χ4n) is 3.88. The van der Waals surface area contributed by atoms with Crippen LogP contribution in [0.25, 0.3) is 6.08 Å². The molecule has 9 heteroatoms. The van der Waals surface area contributed by atoms with E-state index in [4.69, 9.17) is 17.0 Å². The van der Waals surface area contributed by atoms with Crippen molar-refractivity contribution < 1.29 is 14.5 Å². The maximum absolute atomic E-state index is 13.0. The third kappa shape index (κ3) is 4.63. The zero-order chi connectivity index (χ0) is 22.7. The van der Waals surface area contributed by atoms with E-state index in [1.807, 2.05) is 13.0 Å². The van der Waals surface area contributed by atoms with Gasteiger partial charge in [-0.1, -0.05) is 30.0 Å². The number of nitro benzene ring substituents is 1. The summed E-state index contributed by atoms with van der Waals surface area (Å²) in [6.45, 7) is 4.11. The Morgan fingerprint density at radius 3 is 2.53 bits per heavy atom. The Balaban J connectivity index is 1.59. The maximum atomic E-state index is 13.0. The summed E-state index contributed by atoms with van der Waals surface area (Å²) in [5.41, 5.74) is 1.95. The largest absolute Gasteiger partial charge is 0.494 e. The number of anilines is 2. The van der Waals surface area contributed by atoms with Crippen LogP contribution in [-0.2, 0) is 4.79 Å². The van der Waals surface area contributed by atoms with Crippen LogP contribution >= 0.6 is 24.0 Å². The molecule has 0 aromatic heterocycles. The summed E-state index contributed by atoms with van der Waals surface area (Å²) in [7, 11) is 0. The number of nitrogens with zero attached hydrogens (tertiary/aromatic N) is 3. The Bertz CT molecular complexity index is 1080. The molecule has 166 valence electrons. The van der Waals surface area contributed by atoms with Gasteiger partial charge in [-0.25, -0.2) is 0 Å². The van der Waals surface area contributed by atoms with Crippen molar-refractivity contribution in [3.63, 3.8) is 0 Å². The van der Waals surface area contributed by atoms with E-state index in [9.17, 15) is 14.9 Å². The van der Waals surface area contributed by atoms with Crippen LogP contribution in [0.5, 0.6) is 5.75 Å². The lowest BCUT2D eigenvalue weighted by Crippen LogP contribution is -2.29. The minimum absolute atomic E-state index is 0.0580. The Morgan fingerprint density at radius 1 is 1.16 bits per heavy atom. The highest BCUT2D eigenvalue weighted by atomic mass is 32.2. The molecule has 2 aromatic carbocycles. The van der Waals surface area contributed by atoms with Gasteiger partial charge < -0.3 is 9.64 Å². The summed E-state index contributed by atoms with van der Waals surface area (Å²) in [5.74, 6) is 0.477. The minimum atomic E-state index is -0.355. The molecule has 0 saturated carbocycles. The van der Waals surface area contributed by atoms with Crippen molar-refractivity contribution in [2.45, 2.75) is 26.2 Å². The van der Waals surface area contributed by atoms with Gasteiger partial charge in [-0.15, -0.1) is 0 Å². The summed E-state index contributed by atoms with van der Waals surface area (Å²) in [5, 5.41) is 11.7. The number of ether oxygens (including phenoxy) is 1. The van der Waals surface area contributed by atoms with Gasteiger partial charge in [0.1, 0.15) is 11.4 Å². The van der Waals surface area contributed by atoms with Crippen LogP contribution in [0.1, 0.15) is 31.7 Å². The lowest BCUT2D eigenvalue weighted by Gasteiger charge is -2.28. The highest BCUT2D eigenvalue weighted by molar-refractivity contribution is 8.27. The van der Waals surface area contributed by atoms with Crippen LogP contribution in [-0.4, -0.2) is 34.8 Å². The van der Waals surface area contributed by atoms with Crippen molar-refractivity contribution in [3.05, 3.63) is 63.0 Å². The summed E-state index contributed by atoms with van der Waals surface area (Å²) in [6.07, 6.45) is 4.89. The molecule has 0 radical (unpaired) electrons. The van der Waals surface area contributed by atoms with Gasteiger partial charge in [0.15, 0.2) is 4.32 Å². The Labute approximate surface area is 196 Å². The van der Waals surface area contributed by atoms with Gasteiger partial charge in [-0.2, -0.15) is 0 Å². The van der Waals surface area contributed by atoms with Crippen LogP contribution in [0.2, 0.25) is 0 Å². The topological polar surface area (TPSA) is 75.9 Å². The highest BCUT2D eigenvalue weighted by Gasteiger charge is 2.33. The zero-order valence-electron chi connectivity index (χ0n) is 17.7. The molecule has 2 aliphatic rings. The Hall–Kier alpha value is -2.91. The first kappa shape index (κ1) is 22.3. The molecule has 0 unspecified atom stereocenters. The molecule has 0 spiro atoms. The van der Waals surface area contributed by atoms with Crippen LogP contribution in [0, 0.1) is 10.1 Å². The van der Waals surface area contributed by atoms with E-state index in [1.54, 1.807) is 36.4 Å². The van der Waals surface area contributed by atoms with Gasteiger partial charge >= 0.3 is 0 Å². The molecular formula is C23H23N3O4S2. The predicted octanol–water partition coefficient (Wildman–Crippen LogP) is 5.39. The molecule has 0 atom stereocenters. The van der Waals surface area contributed by atoms with Gasteiger partial charge in [0, 0.05) is 19.2 Å². The highest BCUT2D eigenvalue weighted by Crippen LogP contribution is 2.38. The number of nitro groups is 1. The second kappa shape index (κ2) is 9.70. The number of hydrogen-bond donors (Lipinski definition) is 0. The molecule has 2 aliphatic heterocycles. The van der Waals surface area contributed by atoms with Crippen molar-refractivity contribution in [1.82, 2.24) is 0 Å². The van der Waals surface area contributed by atoms with Crippen molar-refractivity contribution in [2.75, 3.05) is 29.5 Å². The molecule has 0 aliphatic carbocycles. The number of thiocarbonyl (C=S) groups is 1. The number of benzene rings is 2. The van der Waals surface area contributed by atoms with Crippen LogP contribution in [0.4, 0.5) is 17.1 Å². The molecule has 2 fully saturated rings. The lowest BCUT2D eigenvalue weighted by atomic mass is 10.1. The molecular weight excluding hydrogens is 446 g/mol. The minimum Gasteiger partial charge on any atom is -0.494 e. The van der Waals surface area contributed by atoms with E-state index >= 15 is 0 Å². The predicted molar refractivity (Wildman–Crippen MR) is 132 cm³/mol. The van der Waals surface area contributed by atoms with E-state index in [0.717, 1.165) is 38.1 Å². The van der Waals surface area contributed by atoms with Crippen molar-refractivity contribution in [2.24, 2.45) is 0 Å². The van der Waals surface area contributed by atoms with E-state index < -0.39 is 0 Å². The van der Waals surface area contributed by atoms with Crippen molar-refractivity contribution >= 4 is 57.3 Å². The first-order valence-electron chi connectivity index (χ1n) is 10.5. The average Bonchev–Trinajstić information content (AvgIpc) is 3.08. The van der Waals surface area contributed by atoms with E-state index in [2.05, 4.69) is 4.90 Å². The molecule has 2 saturated heterocycles. The van der Waals surface area contributed by atoms with Crippen LogP contribution in [0.3, 0.4) is 0 Å². The van der Waals surface area contributed by atoms with Gasteiger partial charge in [-0.3, -0.25) is 19.8 Å². The normalized spacial score (nSPS) is 17.8. The third-order valence-corrected chi connectivity index (χ3v) is 6.69. The van der Waals surface area contributed by atoms with E-state index in [1.165, 1.54) is 22.7 Å². The number of carbonyl (C=O) groups excluding carboxylic acids is 1. The SMILES string of the molecule is CCOc1ccc(N2C(=O)C(=Cc3ccc(N4CCCCC4)c([N+](=O)[O-])c3)SC2=S)cc1. The number of amides is 1. The molecule has 2 aromatic rings. The monoisotopic (exact) mass is 469 g/mol. The lowest BCUT2D eigenvalue weighted by molar-refractivity contribution is -0.384. The van der Waals surface area contributed by atoms with Gasteiger partial charge in [0.05, 0.1) is 22.1 Å². The van der Waals surface area contributed by atoms with Crippen molar-refractivity contribution in [1.29, 1.82) is 0 Å². The van der Waals surface area contributed by atoms with E-state index in [-0.39, 0.29) is 16.5 Å². The first-order chi connectivity index (χ1) is 15.5. The second-order valence-corrected chi connectivity index (χ2v) is 9.17. The summed E-state index contributed by atoms with van der Waals surface area (Å²) < 4.78 is 5.87. The number of thioether (sulfide) groups is 1. The quantitative estimate of drug-likeness (QED) is 0.243. The van der Waals surface area contributed by atoms with Gasteiger partial charge in [0.25, 0.3) is 11.6 Å². The molecule has 0 bridgehead atoms. The summed E-state index contributed by atoms with van der Waals surface area (Å²) >= 11 is 6.62. The first-order valence-corrected chi connectivity index (χ1v) is 11.7. The second-order valence-electron chi connectivity index (χ2n) is 7.50. The Kier molecular flexibility index (Phi) is 6.76. The fraction of sp³-hybridized carbons (Fsp3) is 0.304. The van der Waals surface area contributed by atoms with Gasteiger partial charge in [-0.05, 0) is 68.2 Å². The molecule has 7 nitrogen and oxygen atoms in total. The molecule has 32 heavy (non-hydrogen) atoms. The molecule has 2 heterocycles. The maximum Gasteiger partial charge on any atom is 0.293 e. The summed E-state index contributed by atoms with van der Waals surface area (Å²) in [4.78, 5) is 28.4. The fourth-order valence-corrected chi connectivity index (χ4v) is 5.18. The van der Waals surface area contributed by atoms with Gasteiger partial charge in [0.2, 0.25) is 0 Å². The molecule has 1 amide bonds. The molecule has 0 N–H and O–H groups in total. The summed E-state index contributed by atoms with van der Waals surface area (Å²) in [6, 6.07) is 12.3. The number of rotatable bonds is 6.